The van der Waals surface area contributed by atoms with Gasteiger partial charge in [0.1, 0.15) is 23.7 Å². The predicted molar refractivity (Wildman–Crippen MR) is 101 cm³/mol. The van der Waals surface area contributed by atoms with Crippen LogP contribution < -0.4 is 14.9 Å². The Morgan fingerprint density at radius 1 is 1.28 bits per heavy atom. The zero-order valence-electron chi connectivity index (χ0n) is 16.3. The van der Waals surface area contributed by atoms with Gasteiger partial charge in [-0.05, 0) is 18.6 Å². The number of rotatable bonds is 3. The van der Waals surface area contributed by atoms with E-state index < -0.39 is 24.2 Å². The second kappa shape index (κ2) is 9.02. The van der Waals surface area contributed by atoms with Gasteiger partial charge in [-0.15, -0.1) is 0 Å². The zero-order chi connectivity index (χ0) is 21.8. The highest BCUT2D eigenvalue weighted by molar-refractivity contribution is 5.87. The van der Waals surface area contributed by atoms with Crippen molar-refractivity contribution in [1.82, 2.24) is 4.57 Å². The number of pyridine rings is 1. The van der Waals surface area contributed by atoms with E-state index in [0.717, 1.165) is 0 Å². The highest BCUT2D eigenvalue weighted by atomic mass is 19.4. The molecule has 1 aromatic heterocycles. The zero-order valence-corrected chi connectivity index (χ0v) is 16.3. The average Bonchev–Trinajstić information content (AvgIpc) is 2.78. The largest absolute Gasteiger partial charge is 0.491 e. The van der Waals surface area contributed by atoms with Gasteiger partial charge in [-0.25, -0.2) is 4.79 Å². The number of nitrogens with zero attached hydrogens (tertiary/aromatic N) is 1. The van der Waals surface area contributed by atoms with Crippen molar-refractivity contribution < 1.29 is 32.5 Å². The summed E-state index contributed by atoms with van der Waals surface area (Å²) in [5.41, 5.74) is 0.317. The van der Waals surface area contributed by atoms with Crippen molar-refractivity contribution in [3.8, 4) is 22.8 Å². The first-order valence-corrected chi connectivity index (χ1v) is 9.02. The van der Waals surface area contributed by atoms with Crippen LogP contribution in [0.1, 0.15) is 36.2 Å². The van der Waals surface area contributed by atoms with E-state index in [1.165, 1.54) is 24.8 Å². The molecular formula is C20H22F3NO5. The van der Waals surface area contributed by atoms with Gasteiger partial charge in [0.05, 0.1) is 12.2 Å². The number of ether oxygens (including phenoxy) is 2. The van der Waals surface area contributed by atoms with Gasteiger partial charge in [0.15, 0.2) is 12.0 Å². The first-order chi connectivity index (χ1) is 13.6. The average molecular weight is 413 g/mol. The molecule has 0 saturated carbocycles. The van der Waals surface area contributed by atoms with E-state index in [2.05, 4.69) is 13.8 Å². The monoisotopic (exact) mass is 413 g/mol. The lowest BCUT2D eigenvalue weighted by atomic mass is 10.0. The van der Waals surface area contributed by atoms with Crippen molar-refractivity contribution in [3.05, 3.63) is 45.7 Å². The van der Waals surface area contributed by atoms with Crippen LogP contribution in [-0.4, -0.2) is 35.0 Å². The van der Waals surface area contributed by atoms with Crippen molar-refractivity contribution >= 4 is 5.97 Å². The SMILES string of the molecule is CCC.Cc1cc2c(cc1OCC(F)(F)F)OCCn1cc(C(=O)O)c(=O)cc1-2. The van der Waals surface area contributed by atoms with Crippen LogP contribution in [0.15, 0.2) is 29.2 Å². The fourth-order valence-electron chi connectivity index (χ4n) is 2.71. The number of carboxylic acid groups (broad SMARTS) is 1. The molecule has 2 heterocycles. The molecule has 0 fully saturated rings. The Morgan fingerprint density at radius 3 is 2.52 bits per heavy atom. The molecule has 1 aliphatic heterocycles. The summed E-state index contributed by atoms with van der Waals surface area (Å²) in [6.45, 7) is 4.83. The van der Waals surface area contributed by atoms with Crippen LogP contribution in [-0.2, 0) is 6.54 Å². The molecular weight excluding hydrogens is 391 g/mol. The number of alkyl halides is 3. The maximum Gasteiger partial charge on any atom is 0.422 e. The molecule has 2 aromatic rings. The molecule has 29 heavy (non-hydrogen) atoms. The quantitative estimate of drug-likeness (QED) is 0.813. The summed E-state index contributed by atoms with van der Waals surface area (Å²) < 4.78 is 49.1. The van der Waals surface area contributed by atoms with E-state index in [0.29, 0.717) is 16.8 Å². The van der Waals surface area contributed by atoms with Crippen molar-refractivity contribution in [2.75, 3.05) is 13.2 Å². The molecule has 0 atom stereocenters. The Bertz CT molecular complexity index is 950. The lowest BCUT2D eigenvalue weighted by Crippen LogP contribution is -2.19. The molecule has 1 N–H and O–H groups in total. The fourth-order valence-corrected chi connectivity index (χ4v) is 2.71. The second-order valence-corrected chi connectivity index (χ2v) is 6.51. The van der Waals surface area contributed by atoms with Gasteiger partial charge in [0.2, 0.25) is 0 Å². The maximum absolute atomic E-state index is 12.4. The van der Waals surface area contributed by atoms with Crippen molar-refractivity contribution in [2.45, 2.75) is 39.9 Å². The van der Waals surface area contributed by atoms with Crippen LogP contribution in [0.5, 0.6) is 11.5 Å². The minimum absolute atomic E-state index is 0.0269. The Hall–Kier alpha value is -2.97. The molecule has 0 bridgehead atoms. The summed E-state index contributed by atoms with van der Waals surface area (Å²) in [5.74, 6) is -1.04. The molecule has 0 unspecified atom stereocenters. The number of hydrogen-bond donors (Lipinski definition) is 1. The molecule has 0 radical (unpaired) electrons. The summed E-state index contributed by atoms with van der Waals surface area (Å²) in [5, 5.41) is 9.09. The fraction of sp³-hybridized carbons (Fsp3) is 0.400. The summed E-state index contributed by atoms with van der Waals surface area (Å²) in [6, 6.07) is 4.09. The van der Waals surface area contributed by atoms with E-state index in [4.69, 9.17) is 14.6 Å². The number of halogens is 3. The van der Waals surface area contributed by atoms with Crippen molar-refractivity contribution in [1.29, 1.82) is 0 Å². The lowest BCUT2D eigenvalue weighted by Gasteiger charge is -2.15. The predicted octanol–water partition coefficient (Wildman–Crippen LogP) is 4.27. The molecule has 3 rings (SSSR count). The minimum Gasteiger partial charge on any atom is -0.491 e. The number of carboxylic acids is 1. The van der Waals surface area contributed by atoms with E-state index in [1.54, 1.807) is 17.6 Å². The summed E-state index contributed by atoms with van der Waals surface area (Å²) in [7, 11) is 0. The first kappa shape index (κ1) is 22.3. The second-order valence-electron chi connectivity index (χ2n) is 6.51. The Kier molecular flexibility index (Phi) is 6.94. The Balaban J connectivity index is 0.000000941. The Morgan fingerprint density at radius 2 is 1.93 bits per heavy atom. The molecule has 0 saturated heterocycles. The summed E-state index contributed by atoms with van der Waals surface area (Å²) in [4.78, 5) is 23.2. The van der Waals surface area contributed by atoms with E-state index in [9.17, 15) is 22.8 Å². The van der Waals surface area contributed by atoms with E-state index >= 15 is 0 Å². The Labute approximate surface area is 165 Å². The standard InChI is InChI=1S/C17H14F3NO5.C3H8/c1-9-4-10-12-5-13(22)11(16(23)24)7-21(12)2-3-25-15(10)6-14(9)26-8-17(18,19)20;1-3-2/h4-7H,2-3,8H2,1H3,(H,23,24);3H2,1-2H3. The topological polar surface area (TPSA) is 77.8 Å². The third-order valence-electron chi connectivity index (χ3n) is 3.89. The van der Waals surface area contributed by atoms with Gasteiger partial charge in [-0.1, -0.05) is 20.3 Å². The minimum atomic E-state index is -4.47. The van der Waals surface area contributed by atoms with Crippen molar-refractivity contribution in [3.63, 3.8) is 0 Å². The molecule has 6 nitrogen and oxygen atoms in total. The van der Waals surface area contributed by atoms with Crippen LogP contribution in [0.4, 0.5) is 13.2 Å². The maximum atomic E-state index is 12.4. The van der Waals surface area contributed by atoms with E-state index in [-0.39, 0.29) is 30.2 Å². The molecule has 1 aliphatic rings. The van der Waals surface area contributed by atoms with Crippen LogP contribution in [0, 0.1) is 6.92 Å². The van der Waals surface area contributed by atoms with Crippen LogP contribution in [0.25, 0.3) is 11.3 Å². The highest BCUT2D eigenvalue weighted by Crippen LogP contribution is 2.37. The smallest absolute Gasteiger partial charge is 0.422 e. The summed E-state index contributed by atoms with van der Waals surface area (Å²) >= 11 is 0. The molecule has 158 valence electrons. The molecule has 0 amide bonds. The normalized spacial score (nSPS) is 12.5. The van der Waals surface area contributed by atoms with Crippen LogP contribution >= 0.6 is 0 Å². The van der Waals surface area contributed by atoms with Gasteiger partial charge < -0.3 is 19.1 Å². The van der Waals surface area contributed by atoms with Crippen LogP contribution in [0.3, 0.4) is 0 Å². The number of aromatic nitrogens is 1. The first-order valence-electron chi connectivity index (χ1n) is 9.02. The number of fused-ring (bicyclic) bond motifs is 3. The third kappa shape index (κ3) is 5.52. The number of hydrogen-bond acceptors (Lipinski definition) is 4. The van der Waals surface area contributed by atoms with Gasteiger partial charge in [0.25, 0.3) is 0 Å². The van der Waals surface area contributed by atoms with Gasteiger partial charge in [0, 0.05) is 23.9 Å². The third-order valence-corrected chi connectivity index (χ3v) is 3.89. The molecule has 9 heteroatoms. The highest BCUT2D eigenvalue weighted by Gasteiger charge is 2.29. The number of carbonyl (C=O) groups is 1. The molecule has 0 aliphatic carbocycles. The molecule has 0 spiro atoms. The number of aryl methyl sites for hydroxylation is 1. The number of benzene rings is 1. The van der Waals surface area contributed by atoms with Crippen LogP contribution in [0.2, 0.25) is 0 Å². The van der Waals surface area contributed by atoms with Gasteiger partial charge in [-0.3, -0.25) is 4.79 Å². The number of aromatic carboxylic acids is 1. The lowest BCUT2D eigenvalue weighted by molar-refractivity contribution is -0.153. The van der Waals surface area contributed by atoms with Gasteiger partial charge >= 0.3 is 12.1 Å². The summed E-state index contributed by atoms with van der Waals surface area (Å²) in [6.07, 6.45) is -1.98. The van der Waals surface area contributed by atoms with Crippen molar-refractivity contribution in [2.24, 2.45) is 0 Å². The van der Waals surface area contributed by atoms with Gasteiger partial charge in [-0.2, -0.15) is 13.2 Å². The van der Waals surface area contributed by atoms with E-state index in [1.807, 2.05) is 0 Å². The molecule has 1 aromatic carbocycles.